The molecular formula is C14H14Cl2N2O3S2. The highest BCUT2D eigenvalue weighted by molar-refractivity contribution is 7.89. The highest BCUT2D eigenvalue weighted by atomic mass is 35.5. The molecule has 0 aliphatic rings. The van der Waals surface area contributed by atoms with E-state index in [0.717, 1.165) is 9.18 Å². The number of hydrogen-bond acceptors (Lipinski definition) is 4. The van der Waals surface area contributed by atoms with Gasteiger partial charge in [0.1, 0.15) is 4.90 Å². The van der Waals surface area contributed by atoms with E-state index in [1.54, 1.807) is 0 Å². The Hall–Kier alpha value is -1.12. The van der Waals surface area contributed by atoms with Gasteiger partial charge in [0.15, 0.2) is 0 Å². The zero-order valence-corrected chi connectivity index (χ0v) is 15.3. The SMILES string of the molecule is CN(CC(=O)NCc1cccs1)S(=O)(=O)c1cc(Cl)ccc1Cl. The number of nitrogens with zero attached hydrogens (tertiary/aromatic N) is 1. The summed E-state index contributed by atoms with van der Waals surface area (Å²) in [6.07, 6.45) is 0. The molecule has 0 fully saturated rings. The minimum Gasteiger partial charge on any atom is -0.350 e. The van der Waals surface area contributed by atoms with E-state index < -0.39 is 15.9 Å². The van der Waals surface area contributed by atoms with Crippen molar-refractivity contribution in [3.63, 3.8) is 0 Å². The molecule has 2 aromatic rings. The highest BCUT2D eigenvalue weighted by Crippen LogP contribution is 2.27. The molecule has 124 valence electrons. The van der Waals surface area contributed by atoms with Crippen LogP contribution in [-0.2, 0) is 21.4 Å². The monoisotopic (exact) mass is 392 g/mol. The van der Waals surface area contributed by atoms with Crippen molar-refractivity contribution < 1.29 is 13.2 Å². The van der Waals surface area contributed by atoms with Crippen molar-refractivity contribution in [2.45, 2.75) is 11.4 Å². The molecule has 5 nitrogen and oxygen atoms in total. The molecule has 0 unspecified atom stereocenters. The van der Waals surface area contributed by atoms with Gasteiger partial charge in [-0.15, -0.1) is 11.3 Å². The van der Waals surface area contributed by atoms with Crippen LogP contribution in [0.2, 0.25) is 10.0 Å². The molecule has 0 aliphatic carbocycles. The van der Waals surface area contributed by atoms with E-state index >= 15 is 0 Å². The molecular weight excluding hydrogens is 379 g/mol. The fourth-order valence-corrected chi connectivity index (χ4v) is 4.29. The Labute approximate surface area is 148 Å². The molecule has 0 bridgehead atoms. The van der Waals surface area contributed by atoms with Crippen LogP contribution in [0.1, 0.15) is 4.88 Å². The molecule has 9 heteroatoms. The van der Waals surface area contributed by atoms with Gasteiger partial charge in [-0.05, 0) is 29.6 Å². The number of sulfonamides is 1. The number of benzene rings is 1. The zero-order valence-electron chi connectivity index (χ0n) is 12.1. The molecule has 0 aliphatic heterocycles. The quantitative estimate of drug-likeness (QED) is 0.821. The van der Waals surface area contributed by atoms with E-state index in [4.69, 9.17) is 23.2 Å². The number of nitrogens with one attached hydrogen (secondary N) is 1. The van der Waals surface area contributed by atoms with Gasteiger partial charge in [0.25, 0.3) is 0 Å². The number of hydrogen-bond donors (Lipinski definition) is 1. The van der Waals surface area contributed by atoms with Crippen LogP contribution in [0.4, 0.5) is 0 Å². The van der Waals surface area contributed by atoms with E-state index in [9.17, 15) is 13.2 Å². The number of amides is 1. The standard InChI is InChI=1S/C14H14Cl2N2O3S2/c1-18(9-14(19)17-8-11-3-2-6-22-11)23(20,21)13-7-10(15)4-5-12(13)16/h2-7H,8-9H2,1H3,(H,17,19). The van der Waals surface area contributed by atoms with Gasteiger partial charge < -0.3 is 5.32 Å². The first-order chi connectivity index (χ1) is 10.8. The molecule has 0 radical (unpaired) electrons. The van der Waals surface area contributed by atoms with Gasteiger partial charge in [-0.2, -0.15) is 4.31 Å². The summed E-state index contributed by atoms with van der Waals surface area (Å²) in [7, 11) is -2.58. The number of carbonyl (C=O) groups is 1. The lowest BCUT2D eigenvalue weighted by Gasteiger charge is -2.17. The summed E-state index contributed by atoms with van der Waals surface area (Å²) in [6, 6.07) is 7.93. The van der Waals surface area contributed by atoms with E-state index in [1.807, 2.05) is 17.5 Å². The zero-order chi connectivity index (χ0) is 17.0. The third kappa shape index (κ3) is 4.68. The molecule has 0 saturated heterocycles. The minimum absolute atomic E-state index is 0.0558. The summed E-state index contributed by atoms with van der Waals surface area (Å²) in [5.41, 5.74) is 0. The maximum absolute atomic E-state index is 12.5. The van der Waals surface area contributed by atoms with Crippen molar-refractivity contribution in [3.05, 3.63) is 50.6 Å². The Morgan fingerprint density at radius 1 is 1.30 bits per heavy atom. The average molecular weight is 393 g/mol. The molecule has 0 saturated carbocycles. The fourth-order valence-electron chi connectivity index (χ4n) is 1.78. The van der Waals surface area contributed by atoms with Crippen molar-refractivity contribution in [1.29, 1.82) is 0 Å². The van der Waals surface area contributed by atoms with Crippen LogP contribution in [0, 0.1) is 0 Å². The Bertz CT molecular complexity index is 792. The average Bonchev–Trinajstić information content (AvgIpc) is 3.00. The maximum atomic E-state index is 12.5. The van der Waals surface area contributed by atoms with Gasteiger partial charge in [0, 0.05) is 16.9 Å². The molecule has 2 rings (SSSR count). The van der Waals surface area contributed by atoms with E-state index in [0.29, 0.717) is 6.54 Å². The van der Waals surface area contributed by atoms with Gasteiger partial charge in [-0.25, -0.2) is 8.42 Å². The van der Waals surface area contributed by atoms with Crippen LogP contribution in [-0.4, -0.2) is 32.2 Å². The largest absolute Gasteiger partial charge is 0.350 e. The summed E-state index contributed by atoms with van der Waals surface area (Å²) < 4.78 is 25.9. The second-order valence-electron chi connectivity index (χ2n) is 4.69. The molecule has 0 spiro atoms. The summed E-state index contributed by atoms with van der Waals surface area (Å²) >= 11 is 13.3. The predicted molar refractivity (Wildman–Crippen MR) is 92.4 cm³/mol. The Balaban J connectivity index is 2.05. The smallest absolute Gasteiger partial charge is 0.244 e. The van der Waals surface area contributed by atoms with Crippen molar-refractivity contribution in [2.24, 2.45) is 0 Å². The highest BCUT2D eigenvalue weighted by Gasteiger charge is 2.25. The third-order valence-electron chi connectivity index (χ3n) is 2.99. The Morgan fingerprint density at radius 3 is 2.70 bits per heavy atom. The normalized spacial score (nSPS) is 11.7. The molecule has 1 N–H and O–H groups in total. The molecule has 1 heterocycles. The first-order valence-electron chi connectivity index (χ1n) is 6.51. The summed E-state index contributed by atoms with van der Waals surface area (Å²) in [4.78, 5) is 12.8. The lowest BCUT2D eigenvalue weighted by Crippen LogP contribution is -2.38. The van der Waals surface area contributed by atoms with Crippen LogP contribution in [0.5, 0.6) is 0 Å². The summed E-state index contributed by atoms with van der Waals surface area (Å²) in [6.45, 7) is 0.0544. The Kier molecular flexibility index (Phi) is 6.05. The summed E-state index contributed by atoms with van der Waals surface area (Å²) in [5.74, 6) is -0.400. The van der Waals surface area contributed by atoms with Crippen LogP contribution < -0.4 is 5.32 Å². The van der Waals surface area contributed by atoms with Crippen molar-refractivity contribution in [3.8, 4) is 0 Å². The third-order valence-corrected chi connectivity index (χ3v) is 6.38. The molecule has 1 amide bonds. The summed E-state index contributed by atoms with van der Waals surface area (Å²) in [5, 5.41) is 4.88. The molecule has 1 aromatic carbocycles. The van der Waals surface area contributed by atoms with Gasteiger partial charge in [0.2, 0.25) is 15.9 Å². The van der Waals surface area contributed by atoms with Crippen LogP contribution in [0.3, 0.4) is 0 Å². The molecule has 23 heavy (non-hydrogen) atoms. The minimum atomic E-state index is -3.90. The lowest BCUT2D eigenvalue weighted by molar-refractivity contribution is -0.121. The predicted octanol–water partition coefficient (Wildman–Crippen LogP) is 2.99. The number of rotatable bonds is 6. The first-order valence-corrected chi connectivity index (χ1v) is 9.59. The fraction of sp³-hybridized carbons (Fsp3) is 0.214. The number of likely N-dealkylation sites (N-methyl/N-ethyl adjacent to an activating group) is 1. The molecule has 1 aromatic heterocycles. The van der Waals surface area contributed by atoms with Gasteiger partial charge in [0.05, 0.1) is 18.1 Å². The van der Waals surface area contributed by atoms with Crippen LogP contribution in [0.25, 0.3) is 0 Å². The number of carbonyl (C=O) groups excluding carboxylic acids is 1. The number of thiophene rings is 1. The molecule has 0 atom stereocenters. The number of halogens is 2. The van der Waals surface area contributed by atoms with E-state index in [1.165, 1.54) is 36.6 Å². The van der Waals surface area contributed by atoms with Crippen LogP contribution >= 0.6 is 34.5 Å². The van der Waals surface area contributed by atoms with Crippen molar-refractivity contribution in [1.82, 2.24) is 9.62 Å². The van der Waals surface area contributed by atoms with Crippen molar-refractivity contribution >= 4 is 50.5 Å². The lowest BCUT2D eigenvalue weighted by atomic mass is 10.4. The first kappa shape index (κ1) is 18.2. The van der Waals surface area contributed by atoms with Gasteiger partial charge >= 0.3 is 0 Å². The second-order valence-corrected chi connectivity index (χ2v) is 8.58. The van der Waals surface area contributed by atoms with Crippen molar-refractivity contribution in [2.75, 3.05) is 13.6 Å². The Morgan fingerprint density at radius 2 is 2.04 bits per heavy atom. The van der Waals surface area contributed by atoms with E-state index in [-0.39, 0.29) is 21.5 Å². The topological polar surface area (TPSA) is 66.5 Å². The van der Waals surface area contributed by atoms with Crippen LogP contribution in [0.15, 0.2) is 40.6 Å². The van der Waals surface area contributed by atoms with Gasteiger partial charge in [-0.3, -0.25) is 4.79 Å². The van der Waals surface area contributed by atoms with E-state index in [2.05, 4.69) is 5.32 Å². The maximum Gasteiger partial charge on any atom is 0.244 e. The second kappa shape index (κ2) is 7.63. The van der Waals surface area contributed by atoms with Gasteiger partial charge in [-0.1, -0.05) is 29.3 Å².